The number of rotatable bonds is 3. The van der Waals surface area contributed by atoms with Gasteiger partial charge in [0.25, 0.3) is 5.69 Å². The summed E-state index contributed by atoms with van der Waals surface area (Å²) >= 11 is 0. The van der Waals surface area contributed by atoms with Crippen LogP contribution in [0, 0.1) is 10.1 Å². The molecule has 0 aliphatic rings. The van der Waals surface area contributed by atoms with Crippen molar-refractivity contribution >= 4 is 11.5 Å². The molecule has 0 atom stereocenters. The molecule has 0 saturated carbocycles. The first-order valence-corrected chi connectivity index (χ1v) is 5.02. The molecule has 0 aromatic heterocycles. The number of non-ortho nitro benzene ring substituents is 1. The summed E-state index contributed by atoms with van der Waals surface area (Å²) in [5.41, 5.74) is 0.998. The summed E-state index contributed by atoms with van der Waals surface area (Å²) in [5.74, 6) is -0.138. The summed E-state index contributed by atoms with van der Waals surface area (Å²) < 4.78 is 0. The number of carbonyl (C=O) groups is 1. The third-order valence-electron chi connectivity index (χ3n) is 2.38. The molecule has 4 nitrogen and oxygen atoms in total. The lowest BCUT2D eigenvalue weighted by atomic mass is 10.0. The Morgan fingerprint density at radius 2 is 1.41 bits per heavy atom. The minimum Gasteiger partial charge on any atom is -0.289 e. The fraction of sp³-hybridized carbons (Fsp3) is 0. The van der Waals surface area contributed by atoms with E-state index in [2.05, 4.69) is 0 Å². The van der Waals surface area contributed by atoms with E-state index in [-0.39, 0.29) is 11.5 Å². The molecule has 0 heterocycles. The van der Waals surface area contributed by atoms with E-state index in [1.807, 2.05) is 6.07 Å². The number of carbonyl (C=O) groups excluding carboxylic acids is 1. The lowest BCUT2D eigenvalue weighted by Crippen LogP contribution is -2.00. The highest BCUT2D eigenvalue weighted by Gasteiger charge is 2.10. The van der Waals surface area contributed by atoms with Gasteiger partial charge in [-0.15, -0.1) is 0 Å². The van der Waals surface area contributed by atoms with E-state index in [0.717, 1.165) is 0 Å². The molecule has 84 valence electrons. The van der Waals surface area contributed by atoms with Gasteiger partial charge in [-0.25, -0.2) is 0 Å². The average Bonchev–Trinajstić information content (AvgIpc) is 2.39. The molecular formula is C13H9NO3. The zero-order valence-corrected chi connectivity index (χ0v) is 8.87. The van der Waals surface area contributed by atoms with Crippen molar-refractivity contribution in [1.29, 1.82) is 0 Å². The lowest BCUT2D eigenvalue weighted by Gasteiger charge is -2.00. The second kappa shape index (κ2) is 4.57. The number of nitro benzene ring substituents is 1. The van der Waals surface area contributed by atoms with Crippen LogP contribution >= 0.6 is 0 Å². The van der Waals surface area contributed by atoms with Gasteiger partial charge < -0.3 is 0 Å². The number of ketones is 1. The molecule has 2 rings (SSSR count). The molecule has 0 amide bonds. The number of hydrogen-bond donors (Lipinski definition) is 0. The molecule has 2 aromatic rings. The predicted octanol–water partition coefficient (Wildman–Crippen LogP) is 2.83. The van der Waals surface area contributed by atoms with Crippen LogP contribution in [-0.4, -0.2) is 10.7 Å². The zero-order chi connectivity index (χ0) is 12.3. The van der Waals surface area contributed by atoms with Crippen LogP contribution in [0.3, 0.4) is 0 Å². The SMILES string of the molecule is O=C(c1ccccc1)c1ccc([N+](=O)[O-])cc1. The normalized spacial score (nSPS) is 9.88. The molecule has 0 saturated heterocycles. The van der Waals surface area contributed by atoms with Crippen molar-refractivity contribution in [3.05, 3.63) is 75.8 Å². The van der Waals surface area contributed by atoms with Gasteiger partial charge in [0.2, 0.25) is 0 Å². The first kappa shape index (κ1) is 11.0. The number of nitrogens with zero attached hydrogens (tertiary/aromatic N) is 1. The summed E-state index contributed by atoms with van der Waals surface area (Å²) in [6.45, 7) is 0. The Bertz CT molecular complexity index is 547. The third-order valence-corrected chi connectivity index (χ3v) is 2.38. The quantitative estimate of drug-likeness (QED) is 0.460. The van der Waals surface area contributed by atoms with Crippen molar-refractivity contribution in [2.75, 3.05) is 0 Å². The van der Waals surface area contributed by atoms with Crippen LogP contribution in [0.1, 0.15) is 15.9 Å². The Kier molecular flexibility index (Phi) is 2.96. The Morgan fingerprint density at radius 1 is 0.882 bits per heavy atom. The highest BCUT2D eigenvalue weighted by Crippen LogP contribution is 2.15. The Labute approximate surface area is 97.7 Å². The molecule has 0 aliphatic carbocycles. The van der Waals surface area contributed by atoms with Crippen LogP contribution in [-0.2, 0) is 0 Å². The van der Waals surface area contributed by atoms with Gasteiger partial charge in [0.1, 0.15) is 0 Å². The minimum atomic E-state index is -0.489. The smallest absolute Gasteiger partial charge is 0.269 e. The average molecular weight is 227 g/mol. The zero-order valence-electron chi connectivity index (χ0n) is 8.87. The van der Waals surface area contributed by atoms with Crippen LogP contribution in [0.15, 0.2) is 54.6 Å². The van der Waals surface area contributed by atoms with Crippen LogP contribution in [0.4, 0.5) is 5.69 Å². The highest BCUT2D eigenvalue weighted by molar-refractivity contribution is 6.09. The van der Waals surface area contributed by atoms with Gasteiger partial charge in [0.15, 0.2) is 5.78 Å². The maximum absolute atomic E-state index is 12.0. The molecular weight excluding hydrogens is 218 g/mol. The molecule has 17 heavy (non-hydrogen) atoms. The highest BCUT2D eigenvalue weighted by atomic mass is 16.6. The van der Waals surface area contributed by atoms with Gasteiger partial charge >= 0.3 is 0 Å². The van der Waals surface area contributed by atoms with E-state index >= 15 is 0 Å². The molecule has 0 unspecified atom stereocenters. The van der Waals surface area contributed by atoms with Gasteiger partial charge in [0, 0.05) is 23.3 Å². The summed E-state index contributed by atoms with van der Waals surface area (Å²) in [5, 5.41) is 10.5. The summed E-state index contributed by atoms with van der Waals surface area (Å²) in [4.78, 5) is 21.9. The van der Waals surface area contributed by atoms with Gasteiger partial charge in [-0.05, 0) is 12.1 Å². The molecule has 0 radical (unpaired) electrons. The number of hydrogen-bond acceptors (Lipinski definition) is 3. The Balaban J connectivity index is 2.30. The Hall–Kier alpha value is -2.49. The molecule has 0 bridgehead atoms. The first-order chi connectivity index (χ1) is 8.18. The molecule has 0 spiro atoms. The van der Waals surface area contributed by atoms with Gasteiger partial charge in [-0.1, -0.05) is 30.3 Å². The minimum absolute atomic E-state index is 0.0189. The fourth-order valence-corrected chi connectivity index (χ4v) is 1.49. The molecule has 0 N–H and O–H groups in total. The molecule has 2 aromatic carbocycles. The summed E-state index contributed by atoms with van der Waals surface area (Å²) in [7, 11) is 0. The summed E-state index contributed by atoms with van der Waals surface area (Å²) in [6, 6.07) is 14.4. The second-order valence-electron chi connectivity index (χ2n) is 3.50. The van der Waals surface area contributed by atoms with E-state index in [1.165, 1.54) is 24.3 Å². The van der Waals surface area contributed by atoms with E-state index < -0.39 is 4.92 Å². The number of nitro groups is 1. The summed E-state index contributed by atoms with van der Waals surface area (Å²) in [6.07, 6.45) is 0. The second-order valence-corrected chi connectivity index (χ2v) is 3.50. The topological polar surface area (TPSA) is 60.2 Å². The maximum Gasteiger partial charge on any atom is 0.269 e. The van der Waals surface area contributed by atoms with Crippen molar-refractivity contribution in [2.24, 2.45) is 0 Å². The van der Waals surface area contributed by atoms with Crippen LogP contribution < -0.4 is 0 Å². The standard InChI is InChI=1S/C13H9NO3/c15-13(10-4-2-1-3-5-10)11-6-8-12(9-7-11)14(16)17/h1-9H. The van der Waals surface area contributed by atoms with Gasteiger partial charge in [0.05, 0.1) is 4.92 Å². The van der Waals surface area contributed by atoms with Crippen LogP contribution in [0.5, 0.6) is 0 Å². The monoisotopic (exact) mass is 227 g/mol. The maximum atomic E-state index is 12.0. The first-order valence-electron chi connectivity index (χ1n) is 5.02. The van der Waals surface area contributed by atoms with Crippen molar-refractivity contribution in [1.82, 2.24) is 0 Å². The largest absolute Gasteiger partial charge is 0.289 e. The van der Waals surface area contributed by atoms with Crippen LogP contribution in [0.25, 0.3) is 0 Å². The van der Waals surface area contributed by atoms with Crippen molar-refractivity contribution in [2.45, 2.75) is 0 Å². The number of benzene rings is 2. The molecule has 0 fully saturated rings. The van der Waals surface area contributed by atoms with E-state index in [0.29, 0.717) is 11.1 Å². The van der Waals surface area contributed by atoms with Crippen molar-refractivity contribution < 1.29 is 9.72 Å². The van der Waals surface area contributed by atoms with E-state index in [1.54, 1.807) is 24.3 Å². The molecule has 4 heteroatoms. The van der Waals surface area contributed by atoms with E-state index in [4.69, 9.17) is 0 Å². The van der Waals surface area contributed by atoms with Gasteiger partial charge in [-0.3, -0.25) is 14.9 Å². The van der Waals surface area contributed by atoms with Crippen LogP contribution in [0.2, 0.25) is 0 Å². The molecule has 0 aliphatic heterocycles. The van der Waals surface area contributed by atoms with Crippen molar-refractivity contribution in [3.63, 3.8) is 0 Å². The van der Waals surface area contributed by atoms with E-state index in [9.17, 15) is 14.9 Å². The third kappa shape index (κ3) is 2.36. The fourth-order valence-electron chi connectivity index (χ4n) is 1.49. The van der Waals surface area contributed by atoms with Crippen molar-refractivity contribution in [3.8, 4) is 0 Å². The lowest BCUT2D eigenvalue weighted by molar-refractivity contribution is -0.384. The predicted molar refractivity (Wildman–Crippen MR) is 63.0 cm³/mol. The van der Waals surface area contributed by atoms with Gasteiger partial charge in [-0.2, -0.15) is 0 Å². The Morgan fingerprint density at radius 3 is 1.94 bits per heavy atom.